The molecular formula is C23H27N5O3. The lowest BCUT2D eigenvalue weighted by Crippen LogP contribution is -2.41. The molecule has 1 aliphatic carbocycles. The van der Waals surface area contributed by atoms with Crippen LogP contribution in [0.1, 0.15) is 48.8 Å². The van der Waals surface area contributed by atoms with Crippen molar-refractivity contribution in [2.75, 3.05) is 19.5 Å². The number of anilines is 1. The minimum absolute atomic E-state index is 0.416. The Morgan fingerprint density at radius 2 is 1.90 bits per heavy atom. The summed E-state index contributed by atoms with van der Waals surface area (Å²) in [4.78, 5) is 12.4. The highest BCUT2D eigenvalue weighted by Gasteiger charge is 2.41. The van der Waals surface area contributed by atoms with Crippen LogP contribution < -0.4 is 10.1 Å². The average Bonchev–Trinajstić information content (AvgIpc) is 3.31. The van der Waals surface area contributed by atoms with Gasteiger partial charge in [0.05, 0.1) is 31.0 Å². The largest absolute Gasteiger partial charge is 0.497 e. The number of tetrazole rings is 1. The van der Waals surface area contributed by atoms with Gasteiger partial charge >= 0.3 is 5.97 Å². The molecule has 3 aromatic rings. The Labute approximate surface area is 181 Å². The summed E-state index contributed by atoms with van der Waals surface area (Å²) in [6.45, 7) is 2.27. The number of rotatable bonds is 6. The Bertz CT molecular complexity index is 1060. The fourth-order valence-corrected chi connectivity index (χ4v) is 4.23. The fraction of sp³-hybridized carbons (Fsp3) is 0.391. The van der Waals surface area contributed by atoms with Gasteiger partial charge in [-0.2, -0.15) is 4.68 Å². The van der Waals surface area contributed by atoms with Gasteiger partial charge in [0.15, 0.2) is 5.82 Å². The number of para-hydroxylation sites is 1. The molecule has 1 aliphatic rings. The quantitative estimate of drug-likeness (QED) is 0.602. The van der Waals surface area contributed by atoms with Gasteiger partial charge in [0.25, 0.3) is 0 Å². The Balaban J connectivity index is 1.80. The molecule has 1 fully saturated rings. The number of esters is 1. The van der Waals surface area contributed by atoms with Gasteiger partial charge < -0.3 is 14.8 Å². The van der Waals surface area contributed by atoms with Crippen LogP contribution in [0.5, 0.6) is 5.75 Å². The molecule has 1 N–H and O–H groups in total. The van der Waals surface area contributed by atoms with Gasteiger partial charge in [0, 0.05) is 11.8 Å². The van der Waals surface area contributed by atoms with Gasteiger partial charge in [-0.1, -0.05) is 25.1 Å². The van der Waals surface area contributed by atoms with Crippen molar-refractivity contribution in [3.05, 3.63) is 59.9 Å². The molecule has 4 rings (SSSR count). The number of hydrogen-bond acceptors (Lipinski definition) is 7. The van der Waals surface area contributed by atoms with Crippen LogP contribution in [0.4, 0.5) is 5.69 Å². The summed E-state index contributed by atoms with van der Waals surface area (Å²) in [6.07, 6.45) is 3.82. The van der Waals surface area contributed by atoms with E-state index < -0.39 is 11.5 Å². The van der Waals surface area contributed by atoms with Crippen LogP contribution in [-0.2, 0) is 10.3 Å². The third-order valence-corrected chi connectivity index (χ3v) is 6.02. The first-order chi connectivity index (χ1) is 15.1. The summed E-state index contributed by atoms with van der Waals surface area (Å²) in [7, 11) is 3.02. The van der Waals surface area contributed by atoms with E-state index in [-0.39, 0.29) is 0 Å². The number of hydrogen-bond donors (Lipinski definition) is 1. The van der Waals surface area contributed by atoms with E-state index in [0.717, 1.165) is 37.1 Å². The molecule has 162 valence electrons. The maximum absolute atomic E-state index is 12.4. The van der Waals surface area contributed by atoms with Crippen LogP contribution in [0.3, 0.4) is 0 Å². The number of carbonyl (C=O) groups is 1. The molecule has 1 heterocycles. The maximum Gasteiger partial charge on any atom is 0.340 e. The van der Waals surface area contributed by atoms with E-state index in [1.807, 2.05) is 36.4 Å². The Morgan fingerprint density at radius 1 is 1.13 bits per heavy atom. The Kier molecular flexibility index (Phi) is 5.88. The summed E-state index contributed by atoms with van der Waals surface area (Å²) in [5, 5.41) is 16.4. The van der Waals surface area contributed by atoms with Gasteiger partial charge in [-0.15, -0.1) is 5.10 Å². The number of aromatic nitrogens is 4. The predicted molar refractivity (Wildman–Crippen MR) is 116 cm³/mol. The van der Waals surface area contributed by atoms with Gasteiger partial charge in [0.1, 0.15) is 5.75 Å². The summed E-state index contributed by atoms with van der Waals surface area (Å²) >= 11 is 0. The van der Waals surface area contributed by atoms with Gasteiger partial charge in [-0.05, 0) is 66.3 Å². The van der Waals surface area contributed by atoms with Crippen molar-refractivity contribution < 1.29 is 14.3 Å². The molecule has 2 aromatic carbocycles. The number of ether oxygens (including phenoxy) is 2. The van der Waals surface area contributed by atoms with Crippen molar-refractivity contribution in [3.8, 4) is 11.4 Å². The SMILES string of the molecule is COC(=O)c1ccccc1-n1nnnc1C1(Nc2cccc(OC)c2)CCC(C)CC1. The predicted octanol–water partition coefficient (Wildman–Crippen LogP) is 3.98. The lowest BCUT2D eigenvalue weighted by Gasteiger charge is -2.39. The molecule has 0 atom stereocenters. The third-order valence-electron chi connectivity index (χ3n) is 6.02. The molecule has 0 bridgehead atoms. The highest BCUT2D eigenvalue weighted by molar-refractivity contribution is 5.93. The van der Waals surface area contributed by atoms with E-state index in [1.165, 1.54) is 7.11 Å². The Hall–Kier alpha value is -3.42. The van der Waals surface area contributed by atoms with Crippen LogP contribution >= 0.6 is 0 Å². The minimum atomic E-state index is -0.481. The zero-order valence-corrected chi connectivity index (χ0v) is 18.0. The van der Waals surface area contributed by atoms with E-state index in [0.29, 0.717) is 23.0 Å². The van der Waals surface area contributed by atoms with Crippen LogP contribution in [0.15, 0.2) is 48.5 Å². The highest BCUT2D eigenvalue weighted by atomic mass is 16.5. The molecule has 0 radical (unpaired) electrons. The minimum Gasteiger partial charge on any atom is -0.497 e. The Morgan fingerprint density at radius 3 is 2.65 bits per heavy atom. The van der Waals surface area contributed by atoms with E-state index in [9.17, 15) is 4.79 Å². The highest BCUT2D eigenvalue weighted by Crippen LogP contribution is 2.42. The smallest absolute Gasteiger partial charge is 0.340 e. The second-order valence-corrected chi connectivity index (χ2v) is 8.04. The van der Waals surface area contributed by atoms with E-state index in [4.69, 9.17) is 9.47 Å². The first-order valence-electron chi connectivity index (χ1n) is 10.4. The van der Waals surface area contributed by atoms with E-state index >= 15 is 0 Å². The molecule has 0 spiro atoms. The number of methoxy groups -OCH3 is 2. The molecular weight excluding hydrogens is 394 g/mol. The standard InChI is InChI=1S/C23H27N5O3/c1-16-11-13-23(14-12-16,24-17-7-6-8-18(15-17)30-2)22-25-26-27-28(22)20-10-5-4-9-19(20)21(29)31-3/h4-10,15-16,24H,11-14H2,1-3H3. The summed E-state index contributed by atoms with van der Waals surface area (Å²) in [5.74, 6) is 1.66. The van der Waals surface area contributed by atoms with Crippen LogP contribution in [0.25, 0.3) is 5.69 Å². The van der Waals surface area contributed by atoms with Gasteiger partial charge in [-0.25, -0.2) is 4.79 Å². The monoisotopic (exact) mass is 421 g/mol. The lowest BCUT2D eigenvalue weighted by atomic mass is 9.76. The molecule has 8 nitrogen and oxygen atoms in total. The van der Waals surface area contributed by atoms with Crippen molar-refractivity contribution in [1.29, 1.82) is 0 Å². The van der Waals surface area contributed by atoms with Crippen molar-refractivity contribution in [1.82, 2.24) is 20.2 Å². The number of carbonyl (C=O) groups excluding carboxylic acids is 1. The van der Waals surface area contributed by atoms with Crippen molar-refractivity contribution in [2.45, 2.75) is 38.1 Å². The molecule has 0 aliphatic heterocycles. The van der Waals surface area contributed by atoms with Crippen LogP contribution in [0.2, 0.25) is 0 Å². The molecule has 1 aromatic heterocycles. The second-order valence-electron chi connectivity index (χ2n) is 8.04. The van der Waals surface area contributed by atoms with Crippen molar-refractivity contribution in [2.24, 2.45) is 5.92 Å². The number of nitrogens with zero attached hydrogens (tertiary/aromatic N) is 4. The molecule has 0 saturated heterocycles. The summed E-state index contributed by atoms with van der Waals surface area (Å²) in [6, 6.07) is 15.1. The van der Waals surface area contributed by atoms with E-state index in [1.54, 1.807) is 23.9 Å². The molecule has 31 heavy (non-hydrogen) atoms. The summed E-state index contributed by atoms with van der Waals surface area (Å²) < 4.78 is 12.0. The van der Waals surface area contributed by atoms with Gasteiger partial charge in [0.2, 0.25) is 0 Å². The molecule has 0 amide bonds. The maximum atomic E-state index is 12.4. The zero-order valence-electron chi connectivity index (χ0n) is 18.0. The lowest BCUT2D eigenvalue weighted by molar-refractivity contribution is 0.0600. The molecule has 0 unspecified atom stereocenters. The van der Waals surface area contributed by atoms with E-state index in [2.05, 4.69) is 27.8 Å². The fourth-order valence-electron chi connectivity index (χ4n) is 4.23. The first-order valence-corrected chi connectivity index (χ1v) is 10.4. The van der Waals surface area contributed by atoms with Crippen molar-refractivity contribution >= 4 is 11.7 Å². The molecule has 8 heteroatoms. The third kappa shape index (κ3) is 4.10. The zero-order chi connectivity index (χ0) is 21.8. The first kappa shape index (κ1) is 20.8. The topological polar surface area (TPSA) is 91.2 Å². The average molecular weight is 422 g/mol. The second kappa shape index (κ2) is 8.75. The van der Waals surface area contributed by atoms with Crippen LogP contribution in [0, 0.1) is 5.92 Å². The van der Waals surface area contributed by atoms with Crippen LogP contribution in [-0.4, -0.2) is 40.4 Å². The van der Waals surface area contributed by atoms with Crippen molar-refractivity contribution in [3.63, 3.8) is 0 Å². The number of benzene rings is 2. The number of nitrogens with one attached hydrogen (secondary N) is 1. The molecule has 1 saturated carbocycles. The summed E-state index contributed by atoms with van der Waals surface area (Å²) in [5.41, 5.74) is 1.47. The normalized spacial score (nSPS) is 20.8. The van der Waals surface area contributed by atoms with Gasteiger partial charge in [-0.3, -0.25) is 0 Å².